The summed E-state index contributed by atoms with van der Waals surface area (Å²) in [4.78, 5) is 28.1. The molecule has 0 saturated carbocycles. The van der Waals surface area contributed by atoms with E-state index in [1.807, 2.05) is 4.90 Å². The topological polar surface area (TPSA) is 117 Å². The molecule has 4 heterocycles. The number of carbonyl (C=O) groups is 2. The van der Waals surface area contributed by atoms with Crippen molar-refractivity contribution in [2.45, 2.75) is 25.8 Å². The zero-order valence-corrected chi connectivity index (χ0v) is 21.1. The summed E-state index contributed by atoms with van der Waals surface area (Å²) < 4.78 is 87.5. The van der Waals surface area contributed by atoms with E-state index in [1.54, 1.807) is 19.2 Å². The Morgan fingerprint density at radius 1 is 1.07 bits per heavy atom. The van der Waals surface area contributed by atoms with Crippen molar-refractivity contribution in [3.8, 4) is 0 Å². The average Bonchev–Trinajstić information content (AvgIpc) is 3.45. The molecule has 0 radical (unpaired) electrons. The van der Waals surface area contributed by atoms with Crippen molar-refractivity contribution in [1.82, 2.24) is 24.5 Å². The molecular weight excluding hydrogens is 567 g/mol. The molecule has 0 spiro atoms. The number of benzene rings is 1. The number of carboxylic acids is 1. The van der Waals surface area contributed by atoms with E-state index in [9.17, 15) is 35.5 Å². The van der Waals surface area contributed by atoms with Crippen molar-refractivity contribution in [1.29, 1.82) is 0 Å². The number of carbonyl (C=O) groups excluding carboxylic acids is 1. The van der Waals surface area contributed by atoms with E-state index in [0.717, 1.165) is 23.8 Å². The van der Waals surface area contributed by atoms with Crippen molar-refractivity contribution in [3.05, 3.63) is 53.9 Å². The summed E-state index contributed by atoms with van der Waals surface area (Å²) in [6, 6.07) is 4.40. The van der Waals surface area contributed by atoms with Gasteiger partial charge in [-0.05, 0) is 19.1 Å². The monoisotopic (exact) mass is 589 g/mol. The predicted octanol–water partition coefficient (Wildman–Crippen LogP) is 3.99. The Morgan fingerprint density at radius 3 is 2.34 bits per heavy atom. The number of halogens is 7. The normalized spacial score (nSPS) is 14.2. The number of pyridine rings is 1. The van der Waals surface area contributed by atoms with E-state index in [4.69, 9.17) is 9.90 Å². The van der Waals surface area contributed by atoms with Gasteiger partial charge in [-0.1, -0.05) is 0 Å². The molecule has 220 valence electrons. The molecule has 17 heteroatoms. The van der Waals surface area contributed by atoms with Gasteiger partial charge in [0.1, 0.15) is 12.1 Å². The Balaban J connectivity index is 0.000000493. The quantitative estimate of drug-likeness (QED) is 0.309. The first-order chi connectivity index (χ1) is 19.1. The number of rotatable bonds is 4. The summed E-state index contributed by atoms with van der Waals surface area (Å²) in [6.45, 7) is 3.28. The smallest absolute Gasteiger partial charge is 0.475 e. The maximum Gasteiger partial charge on any atom is 0.490 e. The standard InChI is InChI=1S/C22H21F4N7O.C2HF3O2/c1-13-9-32-10-14(8-17(23)20(32)28-13)29-21(34)15-2-3-18(31-6-4-27-5-7-31)16-11-33(30-19(15)16)12-22(24,25)26;3-2(4,5)1(6)7/h2-3,8-11,27H,4-7,12H2,1H3,(H,29,34);(H,6,7). The van der Waals surface area contributed by atoms with E-state index in [0.29, 0.717) is 29.9 Å². The zero-order chi connectivity index (χ0) is 30.1. The molecule has 41 heavy (non-hydrogen) atoms. The van der Waals surface area contributed by atoms with E-state index in [-0.39, 0.29) is 22.4 Å². The number of imidazole rings is 1. The number of fused-ring (bicyclic) bond motifs is 2. The van der Waals surface area contributed by atoms with Gasteiger partial charge in [0.15, 0.2) is 11.5 Å². The minimum absolute atomic E-state index is 0.0946. The summed E-state index contributed by atoms with van der Waals surface area (Å²) in [5, 5.41) is 17.5. The molecule has 10 nitrogen and oxygen atoms in total. The van der Waals surface area contributed by atoms with Crippen LogP contribution < -0.4 is 15.5 Å². The summed E-state index contributed by atoms with van der Waals surface area (Å²) in [5.41, 5.74) is 1.88. The van der Waals surface area contributed by atoms with Crippen LogP contribution in [0.4, 0.5) is 42.1 Å². The second kappa shape index (κ2) is 11.2. The number of carboxylic acid groups (broad SMARTS) is 1. The first-order valence-electron chi connectivity index (χ1n) is 11.9. The van der Waals surface area contributed by atoms with Crippen LogP contribution in [0.5, 0.6) is 0 Å². The number of hydrogen-bond donors (Lipinski definition) is 3. The van der Waals surface area contributed by atoms with Gasteiger partial charge < -0.3 is 25.0 Å². The van der Waals surface area contributed by atoms with Crippen LogP contribution in [0.3, 0.4) is 0 Å². The van der Waals surface area contributed by atoms with Crippen LogP contribution in [-0.2, 0) is 11.3 Å². The van der Waals surface area contributed by atoms with Gasteiger partial charge in [-0.25, -0.2) is 14.2 Å². The second-order valence-corrected chi connectivity index (χ2v) is 9.02. The Labute approximate surface area is 226 Å². The molecule has 1 aliphatic heterocycles. The van der Waals surface area contributed by atoms with Crippen LogP contribution >= 0.6 is 0 Å². The molecule has 0 unspecified atom stereocenters. The van der Waals surface area contributed by atoms with Gasteiger partial charge in [0.25, 0.3) is 5.91 Å². The Hall–Kier alpha value is -4.41. The lowest BCUT2D eigenvalue weighted by atomic mass is 10.1. The Morgan fingerprint density at radius 2 is 1.73 bits per heavy atom. The zero-order valence-electron chi connectivity index (χ0n) is 21.1. The van der Waals surface area contributed by atoms with Crippen LogP contribution in [0.2, 0.25) is 0 Å². The number of amides is 1. The summed E-state index contributed by atoms with van der Waals surface area (Å²) in [7, 11) is 0. The second-order valence-electron chi connectivity index (χ2n) is 9.02. The number of aromatic nitrogens is 4. The molecule has 0 aliphatic carbocycles. The van der Waals surface area contributed by atoms with E-state index < -0.39 is 36.6 Å². The molecule has 0 bridgehead atoms. The highest BCUT2D eigenvalue weighted by Crippen LogP contribution is 2.31. The number of aryl methyl sites for hydroxylation is 1. The number of piperazine rings is 1. The van der Waals surface area contributed by atoms with Crippen molar-refractivity contribution >= 4 is 39.8 Å². The van der Waals surface area contributed by atoms with Gasteiger partial charge in [0.05, 0.1) is 16.9 Å². The van der Waals surface area contributed by atoms with Crippen LogP contribution in [0.1, 0.15) is 16.1 Å². The lowest BCUT2D eigenvalue weighted by Crippen LogP contribution is -2.43. The third-order valence-electron chi connectivity index (χ3n) is 5.87. The SMILES string of the molecule is Cc1cn2cc(NC(=O)c3ccc(N4CCNCC4)c4cn(CC(F)(F)F)nc34)cc(F)c2n1.O=C(O)C(F)(F)F. The molecular formula is C24H22F7N7O3. The van der Waals surface area contributed by atoms with Crippen LogP contribution in [0, 0.1) is 12.7 Å². The van der Waals surface area contributed by atoms with E-state index >= 15 is 0 Å². The van der Waals surface area contributed by atoms with Gasteiger partial charge in [0, 0.05) is 61.9 Å². The van der Waals surface area contributed by atoms with Gasteiger partial charge in [-0.15, -0.1) is 0 Å². The van der Waals surface area contributed by atoms with Gasteiger partial charge >= 0.3 is 18.3 Å². The number of anilines is 2. The Bertz CT molecular complexity index is 1590. The van der Waals surface area contributed by atoms with Crippen molar-refractivity contribution in [3.63, 3.8) is 0 Å². The van der Waals surface area contributed by atoms with Crippen molar-refractivity contribution < 1.29 is 45.4 Å². The highest BCUT2D eigenvalue weighted by atomic mass is 19.4. The molecule has 5 rings (SSSR count). The number of alkyl halides is 6. The third-order valence-corrected chi connectivity index (χ3v) is 5.87. The van der Waals surface area contributed by atoms with Crippen molar-refractivity contribution in [2.24, 2.45) is 0 Å². The molecule has 3 aromatic heterocycles. The fraction of sp³-hybridized carbons (Fsp3) is 0.333. The summed E-state index contributed by atoms with van der Waals surface area (Å²) >= 11 is 0. The summed E-state index contributed by atoms with van der Waals surface area (Å²) in [5.74, 6) is -3.98. The molecule has 1 saturated heterocycles. The molecule has 1 aliphatic rings. The van der Waals surface area contributed by atoms with Crippen LogP contribution in [-0.4, -0.2) is 74.7 Å². The largest absolute Gasteiger partial charge is 0.490 e. The van der Waals surface area contributed by atoms with E-state index in [1.165, 1.54) is 22.9 Å². The predicted molar refractivity (Wildman–Crippen MR) is 132 cm³/mol. The first kappa shape index (κ1) is 29.6. The third kappa shape index (κ3) is 7.03. The molecule has 0 atom stereocenters. The van der Waals surface area contributed by atoms with E-state index in [2.05, 4.69) is 20.7 Å². The minimum Gasteiger partial charge on any atom is -0.475 e. The Kier molecular flexibility index (Phi) is 8.10. The lowest BCUT2D eigenvalue weighted by molar-refractivity contribution is -0.192. The maximum atomic E-state index is 14.4. The highest BCUT2D eigenvalue weighted by molar-refractivity contribution is 6.13. The molecule has 1 amide bonds. The average molecular weight is 589 g/mol. The molecule has 1 aromatic carbocycles. The van der Waals surface area contributed by atoms with Crippen molar-refractivity contribution in [2.75, 3.05) is 36.4 Å². The van der Waals surface area contributed by atoms with Gasteiger partial charge in [0.2, 0.25) is 0 Å². The number of hydrogen-bond acceptors (Lipinski definition) is 6. The molecule has 1 fully saturated rings. The first-order valence-corrected chi connectivity index (χ1v) is 11.9. The number of aliphatic carboxylic acids is 1. The molecule has 3 N–H and O–H groups in total. The minimum atomic E-state index is -5.08. The number of nitrogens with one attached hydrogen (secondary N) is 2. The van der Waals surface area contributed by atoms with Gasteiger partial charge in [-0.3, -0.25) is 9.48 Å². The van der Waals surface area contributed by atoms with Gasteiger partial charge in [-0.2, -0.15) is 31.4 Å². The maximum absolute atomic E-state index is 14.4. The number of nitrogens with zero attached hydrogens (tertiary/aromatic N) is 5. The fourth-order valence-electron chi connectivity index (χ4n) is 4.21. The van der Waals surface area contributed by atoms with Crippen LogP contribution in [0.15, 0.2) is 36.8 Å². The fourth-order valence-corrected chi connectivity index (χ4v) is 4.21. The lowest BCUT2D eigenvalue weighted by Gasteiger charge is -2.30. The highest BCUT2D eigenvalue weighted by Gasteiger charge is 2.38. The molecule has 4 aromatic rings. The van der Waals surface area contributed by atoms with Crippen LogP contribution in [0.25, 0.3) is 16.6 Å². The summed E-state index contributed by atoms with van der Waals surface area (Å²) in [6.07, 6.45) is -5.09.